The molecule has 1 rings (SSSR count). The minimum absolute atomic E-state index is 0.235. The van der Waals surface area contributed by atoms with Crippen molar-refractivity contribution in [2.75, 3.05) is 0 Å². The maximum atomic E-state index is 10.5. The van der Waals surface area contributed by atoms with Crippen LogP contribution in [0.2, 0.25) is 0 Å². The number of hydrogen-bond acceptors (Lipinski definition) is 2. The first-order valence-corrected chi connectivity index (χ1v) is 4.89. The van der Waals surface area contributed by atoms with Gasteiger partial charge >= 0.3 is 5.97 Å². The van der Waals surface area contributed by atoms with Crippen LogP contribution in [0.4, 0.5) is 0 Å². The zero-order chi connectivity index (χ0) is 11.5. The monoisotopic (exact) mass is 208 g/mol. The van der Waals surface area contributed by atoms with Gasteiger partial charge in [-0.15, -0.1) is 0 Å². The molecule has 0 aliphatic rings. The Kier molecular flexibility index (Phi) is 3.48. The summed E-state index contributed by atoms with van der Waals surface area (Å²) in [5.74, 6) is -0.978. The van der Waals surface area contributed by atoms with Crippen LogP contribution in [0.15, 0.2) is 24.3 Å². The lowest BCUT2D eigenvalue weighted by Crippen LogP contribution is -2.30. The second-order valence-corrected chi connectivity index (χ2v) is 4.17. The summed E-state index contributed by atoms with van der Waals surface area (Å²) in [5, 5.41) is 18.5. The second kappa shape index (κ2) is 4.45. The third-order valence-electron chi connectivity index (χ3n) is 2.36. The first-order chi connectivity index (χ1) is 6.91. The highest BCUT2D eigenvalue weighted by atomic mass is 16.4. The van der Waals surface area contributed by atoms with E-state index in [0.717, 1.165) is 11.1 Å². The topological polar surface area (TPSA) is 57.5 Å². The van der Waals surface area contributed by atoms with Crippen molar-refractivity contribution in [3.63, 3.8) is 0 Å². The molecule has 1 aromatic rings. The van der Waals surface area contributed by atoms with Gasteiger partial charge in [0.1, 0.15) is 0 Å². The van der Waals surface area contributed by atoms with E-state index in [-0.39, 0.29) is 6.42 Å². The van der Waals surface area contributed by atoms with Crippen molar-refractivity contribution in [2.24, 2.45) is 0 Å². The summed E-state index contributed by atoms with van der Waals surface area (Å²) in [7, 11) is 0. The zero-order valence-electron chi connectivity index (χ0n) is 9.03. The van der Waals surface area contributed by atoms with Gasteiger partial charge in [0.2, 0.25) is 0 Å². The molecular formula is C12H16O3. The summed E-state index contributed by atoms with van der Waals surface area (Å²) >= 11 is 0. The van der Waals surface area contributed by atoms with Crippen LogP contribution >= 0.6 is 0 Å². The molecule has 0 spiro atoms. The van der Waals surface area contributed by atoms with Crippen LogP contribution in [0.5, 0.6) is 0 Å². The fraction of sp³-hybridized carbons (Fsp3) is 0.417. The number of carboxylic acid groups (broad SMARTS) is 1. The summed E-state index contributed by atoms with van der Waals surface area (Å²) in [5.41, 5.74) is 0.879. The fourth-order valence-corrected chi connectivity index (χ4v) is 1.61. The van der Waals surface area contributed by atoms with Gasteiger partial charge in [-0.2, -0.15) is 0 Å². The predicted molar refractivity (Wildman–Crippen MR) is 57.8 cm³/mol. The number of hydrogen-bond donors (Lipinski definition) is 2. The molecule has 0 saturated heterocycles. The van der Waals surface area contributed by atoms with E-state index in [9.17, 15) is 9.90 Å². The lowest BCUT2D eigenvalue weighted by Gasteiger charge is -2.22. The van der Waals surface area contributed by atoms with Crippen molar-refractivity contribution < 1.29 is 15.0 Å². The third-order valence-corrected chi connectivity index (χ3v) is 2.36. The molecule has 0 aliphatic heterocycles. The van der Waals surface area contributed by atoms with Gasteiger partial charge in [-0.3, -0.25) is 4.79 Å². The van der Waals surface area contributed by atoms with E-state index in [4.69, 9.17) is 5.11 Å². The molecule has 15 heavy (non-hydrogen) atoms. The smallest absolute Gasteiger partial charge is 0.306 e. The van der Waals surface area contributed by atoms with Crippen LogP contribution in [0.25, 0.3) is 0 Å². The van der Waals surface area contributed by atoms with E-state index in [2.05, 4.69) is 0 Å². The number of carbonyl (C=O) groups is 1. The molecule has 0 heterocycles. The molecular weight excluding hydrogens is 192 g/mol. The highest BCUT2D eigenvalue weighted by Crippen LogP contribution is 2.19. The maximum Gasteiger partial charge on any atom is 0.306 e. The van der Waals surface area contributed by atoms with Crippen LogP contribution in [0.3, 0.4) is 0 Å². The summed E-state index contributed by atoms with van der Waals surface area (Å²) in [6.45, 7) is 3.50. The molecule has 3 nitrogen and oxygen atoms in total. The van der Waals surface area contributed by atoms with E-state index in [1.165, 1.54) is 0 Å². The number of benzene rings is 1. The molecule has 1 unspecified atom stereocenters. The first-order valence-electron chi connectivity index (χ1n) is 4.89. The molecule has 0 radical (unpaired) electrons. The average Bonchev–Trinajstić information content (AvgIpc) is 2.06. The fourth-order valence-electron chi connectivity index (χ4n) is 1.61. The SMILES string of the molecule is Cc1ccccc1CC(C)(O)CC(=O)O. The number of rotatable bonds is 4. The van der Waals surface area contributed by atoms with Gasteiger partial charge in [-0.25, -0.2) is 0 Å². The molecule has 1 aromatic carbocycles. The summed E-state index contributed by atoms with van der Waals surface area (Å²) in [6, 6.07) is 7.67. The normalized spacial score (nSPS) is 14.6. The van der Waals surface area contributed by atoms with Crippen LogP contribution in [-0.4, -0.2) is 21.8 Å². The Balaban J connectivity index is 2.77. The molecule has 0 amide bonds. The van der Waals surface area contributed by atoms with E-state index < -0.39 is 11.6 Å². The van der Waals surface area contributed by atoms with Gasteiger partial charge in [0.25, 0.3) is 0 Å². The van der Waals surface area contributed by atoms with Gasteiger partial charge in [-0.1, -0.05) is 24.3 Å². The average molecular weight is 208 g/mol. The Morgan fingerprint density at radius 3 is 2.53 bits per heavy atom. The maximum absolute atomic E-state index is 10.5. The van der Waals surface area contributed by atoms with Gasteiger partial charge in [0.15, 0.2) is 0 Å². The van der Waals surface area contributed by atoms with Crippen molar-refractivity contribution in [1.29, 1.82) is 0 Å². The minimum atomic E-state index is -1.18. The number of aryl methyl sites for hydroxylation is 1. The highest BCUT2D eigenvalue weighted by molar-refractivity contribution is 5.68. The van der Waals surface area contributed by atoms with Crippen molar-refractivity contribution in [1.82, 2.24) is 0 Å². The quantitative estimate of drug-likeness (QED) is 0.792. The third kappa shape index (κ3) is 3.72. The standard InChI is InChI=1S/C12H16O3/c1-9-5-3-4-6-10(9)7-12(2,15)8-11(13)14/h3-6,15H,7-8H2,1-2H3,(H,13,14). The largest absolute Gasteiger partial charge is 0.481 e. The number of aliphatic hydroxyl groups is 1. The predicted octanol–water partition coefficient (Wildman–Crippen LogP) is 1.76. The Morgan fingerprint density at radius 2 is 2.00 bits per heavy atom. The molecule has 1 atom stereocenters. The zero-order valence-corrected chi connectivity index (χ0v) is 9.03. The highest BCUT2D eigenvalue weighted by Gasteiger charge is 2.24. The van der Waals surface area contributed by atoms with Crippen LogP contribution < -0.4 is 0 Å². The van der Waals surface area contributed by atoms with Gasteiger partial charge in [0, 0.05) is 6.42 Å². The van der Waals surface area contributed by atoms with Crippen LogP contribution in [-0.2, 0) is 11.2 Å². The molecule has 0 fully saturated rings. The van der Waals surface area contributed by atoms with E-state index in [1.807, 2.05) is 31.2 Å². The summed E-state index contributed by atoms with van der Waals surface area (Å²) in [4.78, 5) is 10.5. The molecule has 3 heteroatoms. The van der Waals surface area contributed by atoms with Crippen molar-refractivity contribution >= 4 is 5.97 Å². The van der Waals surface area contributed by atoms with Crippen molar-refractivity contribution in [3.05, 3.63) is 35.4 Å². The Hall–Kier alpha value is -1.35. The molecule has 0 aromatic heterocycles. The van der Waals surface area contributed by atoms with Gasteiger partial charge in [-0.05, 0) is 25.0 Å². The van der Waals surface area contributed by atoms with Crippen LogP contribution in [0, 0.1) is 6.92 Å². The van der Waals surface area contributed by atoms with Gasteiger partial charge < -0.3 is 10.2 Å². The molecule has 0 aliphatic carbocycles. The van der Waals surface area contributed by atoms with E-state index in [1.54, 1.807) is 6.92 Å². The van der Waals surface area contributed by atoms with Crippen molar-refractivity contribution in [2.45, 2.75) is 32.3 Å². The van der Waals surface area contributed by atoms with Crippen LogP contribution in [0.1, 0.15) is 24.5 Å². The Labute approximate surface area is 89.4 Å². The molecule has 2 N–H and O–H groups in total. The molecule has 82 valence electrons. The van der Waals surface area contributed by atoms with E-state index in [0.29, 0.717) is 6.42 Å². The Bertz CT molecular complexity index is 356. The minimum Gasteiger partial charge on any atom is -0.481 e. The number of carboxylic acids is 1. The lowest BCUT2D eigenvalue weighted by atomic mass is 9.91. The van der Waals surface area contributed by atoms with Crippen molar-refractivity contribution in [3.8, 4) is 0 Å². The summed E-state index contributed by atoms with van der Waals surface area (Å²) < 4.78 is 0. The summed E-state index contributed by atoms with van der Waals surface area (Å²) in [6.07, 6.45) is 0.132. The Morgan fingerprint density at radius 1 is 1.40 bits per heavy atom. The lowest BCUT2D eigenvalue weighted by molar-refractivity contribution is -0.141. The van der Waals surface area contributed by atoms with E-state index >= 15 is 0 Å². The second-order valence-electron chi connectivity index (χ2n) is 4.17. The molecule has 0 saturated carbocycles. The first kappa shape index (κ1) is 11.7. The number of aliphatic carboxylic acids is 1. The molecule has 0 bridgehead atoms. The van der Waals surface area contributed by atoms with Gasteiger partial charge in [0.05, 0.1) is 12.0 Å².